The van der Waals surface area contributed by atoms with Gasteiger partial charge >= 0.3 is 6.18 Å². The molecule has 0 unspecified atom stereocenters. The van der Waals surface area contributed by atoms with E-state index in [1.807, 2.05) is 0 Å². The average molecular weight is 316 g/mol. The Morgan fingerprint density at radius 1 is 1.24 bits per heavy atom. The van der Waals surface area contributed by atoms with Gasteiger partial charge in [-0.3, -0.25) is 4.79 Å². The smallest absolute Gasteiger partial charge is 0.321 e. The lowest BCUT2D eigenvalue weighted by atomic mass is 10.1. The number of aryl methyl sites for hydroxylation is 1. The molecule has 1 amide bonds. The van der Waals surface area contributed by atoms with Gasteiger partial charge in [-0.1, -0.05) is 11.6 Å². The van der Waals surface area contributed by atoms with Gasteiger partial charge in [0.05, 0.1) is 16.8 Å². The number of carbonyl (C=O) groups excluding carboxylic acids is 1. The molecule has 0 saturated heterocycles. The predicted molar refractivity (Wildman–Crippen MR) is 71.2 cm³/mol. The van der Waals surface area contributed by atoms with Crippen LogP contribution in [0.2, 0.25) is 5.02 Å². The molecule has 1 aromatic carbocycles. The number of benzene rings is 1. The van der Waals surface area contributed by atoms with Crippen LogP contribution in [0, 0.1) is 6.92 Å². The van der Waals surface area contributed by atoms with Gasteiger partial charge in [0.25, 0.3) is 5.91 Å². The SMILES string of the molecule is Cc1ncc(C(=O)Nc2ccc(Cl)cc2C(F)(F)F)cn1. The number of rotatable bonds is 2. The van der Waals surface area contributed by atoms with Crippen LogP contribution in [0.15, 0.2) is 30.6 Å². The van der Waals surface area contributed by atoms with E-state index in [0.717, 1.165) is 12.1 Å². The lowest BCUT2D eigenvalue weighted by Crippen LogP contribution is -2.17. The molecule has 1 heterocycles. The van der Waals surface area contributed by atoms with Crippen molar-refractivity contribution < 1.29 is 18.0 Å². The Morgan fingerprint density at radius 2 is 1.86 bits per heavy atom. The van der Waals surface area contributed by atoms with E-state index in [4.69, 9.17) is 11.6 Å². The largest absolute Gasteiger partial charge is 0.418 e. The summed E-state index contributed by atoms with van der Waals surface area (Å²) in [6.45, 7) is 1.63. The first-order valence-electron chi connectivity index (χ1n) is 5.74. The van der Waals surface area contributed by atoms with Gasteiger partial charge in [0.2, 0.25) is 0 Å². The standard InChI is InChI=1S/C13H9ClF3N3O/c1-7-18-5-8(6-19-7)12(21)20-11-3-2-9(14)4-10(11)13(15,16)17/h2-6H,1H3,(H,20,21). The number of amides is 1. The maximum atomic E-state index is 12.9. The van der Waals surface area contributed by atoms with E-state index in [2.05, 4.69) is 15.3 Å². The second-order valence-electron chi connectivity index (χ2n) is 4.16. The predicted octanol–water partition coefficient (Wildman–Crippen LogP) is 3.71. The summed E-state index contributed by atoms with van der Waals surface area (Å²) in [5, 5.41) is 2.11. The van der Waals surface area contributed by atoms with Gasteiger partial charge in [0.15, 0.2) is 0 Å². The second kappa shape index (κ2) is 5.69. The lowest BCUT2D eigenvalue weighted by molar-refractivity contribution is -0.136. The fourth-order valence-electron chi connectivity index (χ4n) is 1.56. The summed E-state index contributed by atoms with van der Waals surface area (Å²) < 4.78 is 38.7. The molecule has 1 aromatic heterocycles. The molecule has 0 atom stereocenters. The number of alkyl halides is 3. The highest BCUT2D eigenvalue weighted by molar-refractivity contribution is 6.30. The Balaban J connectivity index is 2.31. The number of aromatic nitrogens is 2. The van der Waals surface area contributed by atoms with E-state index in [1.165, 1.54) is 18.5 Å². The zero-order valence-corrected chi connectivity index (χ0v) is 11.5. The lowest BCUT2D eigenvalue weighted by Gasteiger charge is -2.14. The van der Waals surface area contributed by atoms with E-state index in [0.29, 0.717) is 5.82 Å². The fourth-order valence-corrected chi connectivity index (χ4v) is 1.74. The molecule has 0 fully saturated rings. The molecule has 0 bridgehead atoms. The first-order chi connectivity index (χ1) is 9.77. The molecular formula is C13H9ClF3N3O. The highest BCUT2D eigenvalue weighted by Crippen LogP contribution is 2.36. The van der Waals surface area contributed by atoms with Crippen LogP contribution in [0.1, 0.15) is 21.7 Å². The van der Waals surface area contributed by atoms with Crippen molar-refractivity contribution in [2.24, 2.45) is 0 Å². The maximum absolute atomic E-state index is 12.9. The van der Waals surface area contributed by atoms with E-state index < -0.39 is 17.6 Å². The molecule has 2 rings (SSSR count). The Morgan fingerprint density at radius 3 is 2.43 bits per heavy atom. The summed E-state index contributed by atoms with van der Waals surface area (Å²) >= 11 is 5.56. The van der Waals surface area contributed by atoms with Crippen LogP contribution >= 0.6 is 11.6 Å². The van der Waals surface area contributed by atoms with Crippen molar-refractivity contribution in [2.75, 3.05) is 5.32 Å². The van der Waals surface area contributed by atoms with Gasteiger partial charge in [-0.05, 0) is 25.1 Å². The first kappa shape index (κ1) is 15.2. The Hall–Kier alpha value is -2.15. The van der Waals surface area contributed by atoms with Crippen LogP contribution in [-0.2, 0) is 6.18 Å². The van der Waals surface area contributed by atoms with Crippen LogP contribution in [0.5, 0.6) is 0 Å². The summed E-state index contributed by atoms with van der Waals surface area (Å²) in [5.74, 6) is -0.281. The van der Waals surface area contributed by atoms with Crippen molar-refractivity contribution in [3.05, 3.63) is 52.6 Å². The molecule has 21 heavy (non-hydrogen) atoms. The van der Waals surface area contributed by atoms with Crippen LogP contribution in [0.3, 0.4) is 0 Å². The summed E-state index contributed by atoms with van der Waals surface area (Å²) in [7, 11) is 0. The van der Waals surface area contributed by atoms with Gasteiger partial charge in [-0.2, -0.15) is 13.2 Å². The van der Waals surface area contributed by atoms with Gasteiger partial charge in [0.1, 0.15) is 5.82 Å². The maximum Gasteiger partial charge on any atom is 0.418 e. The van der Waals surface area contributed by atoms with Gasteiger partial charge < -0.3 is 5.32 Å². The van der Waals surface area contributed by atoms with E-state index >= 15 is 0 Å². The van der Waals surface area contributed by atoms with Crippen molar-refractivity contribution in [1.29, 1.82) is 0 Å². The molecule has 0 aliphatic heterocycles. The number of nitrogens with one attached hydrogen (secondary N) is 1. The molecule has 0 radical (unpaired) electrons. The Bertz CT molecular complexity index is 671. The second-order valence-corrected chi connectivity index (χ2v) is 4.60. The van der Waals surface area contributed by atoms with Gasteiger partial charge in [-0.25, -0.2) is 9.97 Å². The minimum atomic E-state index is -4.63. The van der Waals surface area contributed by atoms with Crippen LogP contribution in [0.4, 0.5) is 18.9 Å². The molecule has 0 saturated carbocycles. The minimum absolute atomic E-state index is 0.0590. The number of hydrogen-bond acceptors (Lipinski definition) is 3. The number of nitrogens with zero attached hydrogens (tertiary/aromatic N) is 2. The van der Waals surface area contributed by atoms with Crippen LogP contribution < -0.4 is 5.32 Å². The van der Waals surface area contributed by atoms with Crippen LogP contribution in [0.25, 0.3) is 0 Å². The van der Waals surface area contributed by atoms with Gasteiger partial charge in [-0.15, -0.1) is 0 Å². The third-order valence-corrected chi connectivity index (χ3v) is 2.81. The monoisotopic (exact) mass is 315 g/mol. The Kier molecular flexibility index (Phi) is 4.13. The topological polar surface area (TPSA) is 54.9 Å². The summed E-state index contributed by atoms with van der Waals surface area (Å²) in [6, 6.07) is 3.11. The third-order valence-electron chi connectivity index (χ3n) is 2.58. The number of anilines is 1. The molecule has 1 N–H and O–H groups in total. The zero-order chi connectivity index (χ0) is 15.6. The van der Waals surface area contributed by atoms with E-state index in [-0.39, 0.29) is 16.3 Å². The van der Waals surface area contributed by atoms with Gasteiger partial charge in [0, 0.05) is 17.4 Å². The average Bonchev–Trinajstić information content (AvgIpc) is 2.40. The Labute approximate surface area is 123 Å². The third kappa shape index (κ3) is 3.69. The van der Waals surface area contributed by atoms with E-state index in [9.17, 15) is 18.0 Å². The summed E-state index contributed by atoms with van der Waals surface area (Å²) in [4.78, 5) is 19.5. The molecule has 0 aliphatic rings. The molecular weight excluding hydrogens is 307 g/mol. The van der Waals surface area contributed by atoms with Crippen molar-refractivity contribution in [3.8, 4) is 0 Å². The molecule has 0 aliphatic carbocycles. The number of halogens is 4. The zero-order valence-electron chi connectivity index (χ0n) is 10.7. The minimum Gasteiger partial charge on any atom is -0.321 e. The van der Waals surface area contributed by atoms with Crippen molar-refractivity contribution in [2.45, 2.75) is 13.1 Å². The normalized spacial score (nSPS) is 11.3. The molecule has 2 aromatic rings. The number of carbonyl (C=O) groups is 1. The van der Waals surface area contributed by atoms with E-state index in [1.54, 1.807) is 6.92 Å². The molecule has 4 nitrogen and oxygen atoms in total. The molecule has 8 heteroatoms. The number of hydrogen-bond donors (Lipinski definition) is 1. The first-order valence-corrected chi connectivity index (χ1v) is 6.12. The molecule has 110 valence electrons. The highest BCUT2D eigenvalue weighted by atomic mass is 35.5. The van der Waals surface area contributed by atoms with Crippen molar-refractivity contribution in [3.63, 3.8) is 0 Å². The fraction of sp³-hybridized carbons (Fsp3) is 0.154. The summed E-state index contributed by atoms with van der Waals surface area (Å²) in [5.41, 5.74) is -1.34. The summed E-state index contributed by atoms with van der Waals surface area (Å²) in [6.07, 6.45) is -2.15. The van der Waals surface area contributed by atoms with Crippen molar-refractivity contribution in [1.82, 2.24) is 9.97 Å². The highest BCUT2D eigenvalue weighted by Gasteiger charge is 2.34. The quantitative estimate of drug-likeness (QED) is 0.919. The van der Waals surface area contributed by atoms with Crippen LogP contribution in [-0.4, -0.2) is 15.9 Å². The van der Waals surface area contributed by atoms with Crippen molar-refractivity contribution >= 4 is 23.2 Å². The molecule has 0 spiro atoms.